The van der Waals surface area contributed by atoms with Crippen LogP contribution >= 0.6 is 0 Å². The zero-order chi connectivity index (χ0) is 17.9. The number of para-hydroxylation sites is 1. The van der Waals surface area contributed by atoms with Gasteiger partial charge in [0.1, 0.15) is 0 Å². The maximum Gasteiger partial charge on any atom is 0.221 e. The van der Waals surface area contributed by atoms with Crippen LogP contribution in [0, 0.1) is 0 Å². The van der Waals surface area contributed by atoms with Gasteiger partial charge in [0.25, 0.3) is 0 Å². The van der Waals surface area contributed by atoms with Crippen LogP contribution in [0.3, 0.4) is 0 Å². The number of carbonyl (C=O) groups excluding carboxylic acids is 1. The quantitative estimate of drug-likeness (QED) is 0.771. The third-order valence-corrected chi connectivity index (χ3v) is 5.25. The summed E-state index contributed by atoms with van der Waals surface area (Å²) in [5.74, 6) is -0.280. The minimum atomic E-state index is -0.280. The molecule has 1 aromatic carbocycles. The molecular weight excluding hydrogens is 324 g/mol. The van der Waals surface area contributed by atoms with Crippen molar-refractivity contribution < 1.29 is 4.79 Å². The van der Waals surface area contributed by atoms with E-state index in [0.717, 1.165) is 49.1 Å². The molecule has 0 radical (unpaired) electrons. The van der Waals surface area contributed by atoms with E-state index in [1.165, 1.54) is 5.52 Å². The number of nitrogens with zero attached hydrogens (tertiary/aromatic N) is 3. The first-order valence-corrected chi connectivity index (χ1v) is 9.20. The topological polar surface area (TPSA) is 64.2 Å². The lowest BCUT2D eigenvalue weighted by Gasteiger charge is -2.33. The second-order valence-electron chi connectivity index (χ2n) is 7.05. The summed E-state index contributed by atoms with van der Waals surface area (Å²) in [5, 5.41) is 1.14. The Morgan fingerprint density at radius 2 is 1.88 bits per heavy atom. The number of primary amides is 1. The fraction of sp³-hybridized carbons (Fsp3) is 0.333. The van der Waals surface area contributed by atoms with E-state index >= 15 is 0 Å². The minimum Gasteiger partial charge on any atom is -0.369 e. The number of benzene rings is 1. The number of piperidine rings is 1. The molecule has 0 aliphatic carbocycles. The predicted octanol–water partition coefficient (Wildman–Crippen LogP) is 2.90. The van der Waals surface area contributed by atoms with Crippen LogP contribution in [0.2, 0.25) is 0 Å². The molecule has 0 atom stereocenters. The number of nitrogens with two attached hydrogens (primary N) is 1. The molecule has 0 spiro atoms. The van der Waals surface area contributed by atoms with Crippen LogP contribution in [0.5, 0.6) is 0 Å². The first-order valence-electron chi connectivity index (χ1n) is 9.20. The molecule has 3 heterocycles. The molecule has 26 heavy (non-hydrogen) atoms. The molecule has 0 unspecified atom stereocenters. The van der Waals surface area contributed by atoms with Gasteiger partial charge >= 0.3 is 0 Å². The lowest BCUT2D eigenvalue weighted by atomic mass is 10.0. The molecule has 2 N–H and O–H groups in total. The first-order chi connectivity index (χ1) is 12.7. The van der Waals surface area contributed by atoms with Gasteiger partial charge in [0, 0.05) is 49.0 Å². The van der Waals surface area contributed by atoms with Crippen molar-refractivity contribution in [1.29, 1.82) is 0 Å². The van der Waals surface area contributed by atoms with Crippen molar-refractivity contribution in [2.75, 3.05) is 13.1 Å². The van der Waals surface area contributed by atoms with E-state index < -0.39 is 0 Å². The number of carbonyl (C=O) groups is 1. The monoisotopic (exact) mass is 348 g/mol. The van der Waals surface area contributed by atoms with Crippen molar-refractivity contribution in [1.82, 2.24) is 14.5 Å². The highest BCUT2D eigenvalue weighted by molar-refractivity contribution is 5.89. The van der Waals surface area contributed by atoms with E-state index in [1.807, 2.05) is 24.4 Å². The Hall–Kier alpha value is -2.66. The van der Waals surface area contributed by atoms with E-state index in [2.05, 4.69) is 44.9 Å². The summed E-state index contributed by atoms with van der Waals surface area (Å²) < 4.78 is 2.35. The van der Waals surface area contributed by atoms with Gasteiger partial charge in [-0.2, -0.15) is 0 Å². The molecule has 1 aliphatic rings. The Kier molecular flexibility index (Phi) is 4.71. The highest BCUT2D eigenvalue weighted by Crippen LogP contribution is 2.30. The van der Waals surface area contributed by atoms with Crippen molar-refractivity contribution in [2.24, 2.45) is 5.73 Å². The maximum atomic E-state index is 11.4. The SMILES string of the molecule is NC(=O)Cc1cn(C2CCN(Cc3ccccn3)CC2)c2ccccc12. The second-order valence-corrected chi connectivity index (χ2v) is 7.05. The lowest BCUT2D eigenvalue weighted by molar-refractivity contribution is -0.117. The van der Waals surface area contributed by atoms with Crippen LogP contribution in [0.4, 0.5) is 0 Å². The maximum absolute atomic E-state index is 11.4. The normalized spacial score (nSPS) is 16.2. The van der Waals surface area contributed by atoms with Crippen molar-refractivity contribution in [3.8, 4) is 0 Å². The number of pyridine rings is 1. The summed E-state index contributed by atoms with van der Waals surface area (Å²) in [6, 6.07) is 14.8. The summed E-state index contributed by atoms with van der Waals surface area (Å²) >= 11 is 0. The molecular formula is C21H24N4O. The number of rotatable bonds is 5. The zero-order valence-corrected chi connectivity index (χ0v) is 14.8. The van der Waals surface area contributed by atoms with Crippen LogP contribution < -0.4 is 5.73 Å². The van der Waals surface area contributed by atoms with Crippen LogP contribution in [-0.2, 0) is 17.8 Å². The Labute approximate surface area is 153 Å². The summed E-state index contributed by atoms with van der Waals surface area (Å²) in [5.41, 5.74) is 8.79. The molecule has 0 saturated carbocycles. The predicted molar refractivity (Wildman–Crippen MR) is 103 cm³/mol. The average molecular weight is 348 g/mol. The van der Waals surface area contributed by atoms with Gasteiger partial charge in [-0.3, -0.25) is 14.7 Å². The van der Waals surface area contributed by atoms with Crippen molar-refractivity contribution >= 4 is 16.8 Å². The van der Waals surface area contributed by atoms with E-state index in [-0.39, 0.29) is 5.91 Å². The molecule has 0 bridgehead atoms. The summed E-state index contributed by atoms with van der Waals surface area (Å²) in [6.45, 7) is 3.02. The minimum absolute atomic E-state index is 0.280. The molecule has 4 rings (SSSR count). The van der Waals surface area contributed by atoms with Crippen molar-refractivity contribution in [3.05, 3.63) is 66.1 Å². The smallest absolute Gasteiger partial charge is 0.221 e. The summed E-state index contributed by atoms with van der Waals surface area (Å²) in [4.78, 5) is 18.3. The van der Waals surface area contributed by atoms with Gasteiger partial charge < -0.3 is 10.3 Å². The van der Waals surface area contributed by atoms with Crippen molar-refractivity contribution in [3.63, 3.8) is 0 Å². The van der Waals surface area contributed by atoms with Gasteiger partial charge in [0.2, 0.25) is 5.91 Å². The van der Waals surface area contributed by atoms with E-state index in [4.69, 9.17) is 5.73 Å². The van der Waals surface area contributed by atoms with E-state index in [0.29, 0.717) is 12.5 Å². The Morgan fingerprint density at radius 1 is 1.12 bits per heavy atom. The van der Waals surface area contributed by atoms with E-state index in [9.17, 15) is 4.79 Å². The zero-order valence-electron chi connectivity index (χ0n) is 14.8. The van der Waals surface area contributed by atoms with Crippen LogP contribution in [0.15, 0.2) is 54.9 Å². The highest BCUT2D eigenvalue weighted by atomic mass is 16.1. The van der Waals surface area contributed by atoms with Gasteiger partial charge in [-0.05, 0) is 36.6 Å². The van der Waals surface area contributed by atoms with Gasteiger partial charge in [0.15, 0.2) is 0 Å². The molecule has 1 amide bonds. The van der Waals surface area contributed by atoms with Gasteiger partial charge in [-0.1, -0.05) is 24.3 Å². The number of hydrogen-bond acceptors (Lipinski definition) is 3. The number of amides is 1. The first kappa shape index (κ1) is 16.8. The molecule has 3 aromatic rings. The van der Waals surface area contributed by atoms with Crippen LogP contribution in [-0.4, -0.2) is 33.4 Å². The third kappa shape index (κ3) is 3.48. The Morgan fingerprint density at radius 3 is 2.62 bits per heavy atom. The molecule has 1 aliphatic heterocycles. The number of fused-ring (bicyclic) bond motifs is 1. The molecule has 1 fully saturated rings. The van der Waals surface area contributed by atoms with Crippen LogP contribution in [0.1, 0.15) is 30.1 Å². The molecule has 1 saturated heterocycles. The van der Waals surface area contributed by atoms with E-state index in [1.54, 1.807) is 0 Å². The third-order valence-electron chi connectivity index (χ3n) is 5.25. The number of aromatic nitrogens is 2. The molecule has 5 nitrogen and oxygen atoms in total. The average Bonchev–Trinajstić information content (AvgIpc) is 3.01. The van der Waals surface area contributed by atoms with Crippen LogP contribution in [0.25, 0.3) is 10.9 Å². The van der Waals surface area contributed by atoms with Gasteiger partial charge in [0.05, 0.1) is 12.1 Å². The summed E-state index contributed by atoms with van der Waals surface area (Å²) in [7, 11) is 0. The standard InChI is InChI=1S/C21H24N4O/c22-21(26)13-16-14-25(20-7-2-1-6-19(16)20)18-8-11-24(12-9-18)15-17-5-3-4-10-23-17/h1-7,10,14,18H,8-9,11-13,15H2,(H2,22,26). The molecule has 134 valence electrons. The van der Waals surface area contributed by atoms with Gasteiger partial charge in [-0.15, -0.1) is 0 Å². The number of likely N-dealkylation sites (tertiary alicyclic amines) is 1. The molecule has 5 heteroatoms. The fourth-order valence-electron chi connectivity index (χ4n) is 3.98. The molecule has 2 aromatic heterocycles. The van der Waals surface area contributed by atoms with Gasteiger partial charge in [-0.25, -0.2) is 0 Å². The fourth-order valence-corrected chi connectivity index (χ4v) is 3.98. The van der Waals surface area contributed by atoms with Crippen molar-refractivity contribution in [2.45, 2.75) is 31.8 Å². The largest absolute Gasteiger partial charge is 0.369 e. The summed E-state index contributed by atoms with van der Waals surface area (Å²) in [6.07, 6.45) is 6.48. The second kappa shape index (κ2) is 7.30. The Balaban J connectivity index is 1.50. The number of hydrogen-bond donors (Lipinski definition) is 1. The Bertz CT molecular complexity index is 895. The highest BCUT2D eigenvalue weighted by Gasteiger charge is 2.23. The lowest BCUT2D eigenvalue weighted by Crippen LogP contribution is -2.34.